The SMILES string of the molecule is N[C@@H]1CCC[C@H]1CC(=O)N1CCC(NC(=O)C2CCCCC2)CC1. The molecule has 2 atom stereocenters. The minimum absolute atomic E-state index is 0.210. The van der Waals surface area contributed by atoms with Crippen LogP contribution in [0.2, 0.25) is 0 Å². The van der Waals surface area contributed by atoms with Crippen molar-refractivity contribution in [1.82, 2.24) is 10.2 Å². The highest BCUT2D eigenvalue weighted by Gasteiger charge is 2.30. The third-order valence-electron chi connectivity index (χ3n) is 6.32. The van der Waals surface area contributed by atoms with Gasteiger partial charge in [0.15, 0.2) is 0 Å². The van der Waals surface area contributed by atoms with Crippen molar-refractivity contribution in [3.63, 3.8) is 0 Å². The molecule has 0 unspecified atom stereocenters. The van der Waals surface area contributed by atoms with Gasteiger partial charge < -0.3 is 16.0 Å². The predicted molar refractivity (Wildman–Crippen MR) is 94.3 cm³/mol. The minimum atomic E-state index is 0.210. The average molecular weight is 335 g/mol. The maximum atomic E-state index is 12.5. The average Bonchev–Trinajstić information content (AvgIpc) is 3.01. The number of carbonyl (C=O) groups excluding carboxylic acids is 2. The van der Waals surface area contributed by atoms with Gasteiger partial charge in [0.25, 0.3) is 0 Å². The summed E-state index contributed by atoms with van der Waals surface area (Å²) in [6.07, 6.45) is 11.5. The summed E-state index contributed by atoms with van der Waals surface area (Å²) in [7, 11) is 0. The zero-order chi connectivity index (χ0) is 16.9. The molecular weight excluding hydrogens is 302 g/mol. The largest absolute Gasteiger partial charge is 0.353 e. The van der Waals surface area contributed by atoms with Gasteiger partial charge in [0.2, 0.25) is 11.8 Å². The quantitative estimate of drug-likeness (QED) is 0.827. The fourth-order valence-corrected chi connectivity index (χ4v) is 4.63. The zero-order valence-corrected chi connectivity index (χ0v) is 14.8. The van der Waals surface area contributed by atoms with Crippen LogP contribution in [-0.4, -0.2) is 41.9 Å². The van der Waals surface area contributed by atoms with Crippen molar-refractivity contribution in [2.45, 2.75) is 82.7 Å². The summed E-state index contributed by atoms with van der Waals surface area (Å²) in [4.78, 5) is 26.8. The Morgan fingerprint density at radius 2 is 1.62 bits per heavy atom. The number of nitrogens with one attached hydrogen (secondary N) is 1. The molecule has 136 valence electrons. The molecule has 5 nitrogen and oxygen atoms in total. The van der Waals surface area contributed by atoms with Crippen LogP contribution in [0.15, 0.2) is 0 Å². The summed E-state index contributed by atoms with van der Waals surface area (Å²) in [6.45, 7) is 1.55. The smallest absolute Gasteiger partial charge is 0.223 e. The molecule has 3 aliphatic rings. The van der Waals surface area contributed by atoms with E-state index in [1.54, 1.807) is 0 Å². The van der Waals surface area contributed by atoms with Crippen LogP contribution >= 0.6 is 0 Å². The van der Waals surface area contributed by atoms with Crippen LogP contribution in [0.25, 0.3) is 0 Å². The molecule has 24 heavy (non-hydrogen) atoms. The number of hydrogen-bond acceptors (Lipinski definition) is 3. The van der Waals surface area contributed by atoms with E-state index in [2.05, 4.69) is 5.32 Å². The number of rotatable bonds is 4. The molecule has 0 bridgehead atoms. The van der Waals surface area contributed by atoms with Crippen LogP contribution in [0.5, 0.6) is 0 Å². The Labute approximate surface area is 145 Å². The van der Waals surface area contributed by atoms with E-state index in [0.717, 1.165) is 58.0 Å². The van der Waals surface area contributed by atoms with Crippen molar-refractivity contribution in [3.8, 4) is 0 Å². The van der Waals surface area contributed by atoms with E-state index in [1.165, 1.54) is 19.3 Å². The number of likely N-dealkylation sites (tertiary alicyclic amines) is 1. The summed E-state index contributed by atoms with van der Waals surface area (Å²) in [5.74, 6) is 1.11. The molecular formula is C19H33N3O2. The lowest BCUT2D eigenvalue weighted by molar-refractivity contribution is -0.133. The van der Waals surface area contributed by atoms with E-state index in [-0.39, 0.29) is 29.8 Å². The van der Waals surface area contributed by atoms with Crippen molar-refractivity contribution in [3.05, 3.63) is 0 Å². The van der Waals surface area contributed by atoms with Gasteiger partial charge in [-0.2, -0.15) is 0 Å². The molecule has 3 N–H and O–H groups in total. The van der Waals surface area contributed by atoms with Gasteiger partial charge in [0.1, 0.15) is 0 Å². The Balaban J connectivity index is 1.38. The van der Waals surface area contributed by atoms with Gasteiger partial charge in [0, 0.05) is 37.5 Å². The first-order chi connectivity index (χ1) is 11.6. The summed E-state index contributed by atoms with van der Waals surface area (Å²) in [5, 5.41) is 3.23. The highest BCUT2D eigenvalue weighted by atomic mass is 16.2. The van der Waals surface area contributed by atoms with E-state index in [4.69, 9.17) is 5.73 Å². The van der Waals surface area contributed by atoms with Gasteiger partial charge in [-0.15, -0.1) is 0 Å². The number of piperidine rings is 1. The van der Waals surface area contributed by atoms with Crippen LogP contribution in [0, 0.1) is 11.8 Å². The highest BCUT2D eigenvalue weighted by Crippen LogP contribution is 2.28. The number of hydrogen-bond donors (Lipinski definition) is 2. The van der Waals surface area contributed by atoms with E-state index >= 15 is 0 Å². The van der Waals surface area contributed by atoms with Crippen LogP contribution < -0.4 is 11.1 Å². The monoisotopic (exact) mass is 335 g/mol. The van der Waals surface area contributed by atoms with Crippen LogP contribution in [0.1, 0.15) is 70.6 Å². The Hall–Kier alpha value is -1.10. The van der Waals surface area contributed by atoms with Gasteiger partial charge in [-0.25, -0.2) is 0 Å². The van der Waals surface area contributed by atoms with Crippen LogP contribution in [0.4, 0.5) is 0 Å². The highest BCUT2D eigenvalue weighted by molar-refractivity contribution is 5.79. The molecule has 1 aliphatic heterocycles. The third kappa shape index (κ3) is 4.50. The van der Waals surface area contributed by atoms with E-state index < -0.39 is 0 Å². The summed E-state index contributed by atoms with van der Waals surface area (Å²) in [6, 6.07) is 0.457. The van der Waals surface area contributed by atoms with Crippen molar-refractivity contribution >= 4 is 11.8 Å². The Morgan fingerprint density at radius 1 is 0.917 bits per heavy atom. The maximum Gasteiger partial charge on any atom is 0.223 e. The Bertz CT molecular complexity index is 440. The van der Waals surface area contributed by atoms with Crippen molar-refractivity contribution in [1.29, 1.82) is 0 Å². The molecule has 0 aromatic carbocycles. The molecule has 2 saturated carbocycles. The number of amides is 2. The fraction of sp³-hybridized carbons (Fsp3) is 0.895. The molecule has 2 amide bonds. The lowest BCUT2D eigenvalue weighted by atomic mass is 9.88. The number of carbonyl (C=O) groups is 2. The van der Waals surface area contributed by atoms with Crippen molar-refractivity contribution in [2.75, 3.05) is 13.1 Å². The lowest BCUT2D eigenvalue weighted by Crippen LogP contribution is -2.48. The summed E-state index contributed by atoms with van der Waals surface area (Å²) in [5.41, 5.74) is 6.09. The van der Waals surface area contributed by atoms with Gasteiger partial charge in [-0.05, 0) is 44.4 Å². The predicted octanol–water partition coefficient (Wildman–Crippen LogP) is 2.19. The molecule has 1 heterocycles. The molecule has 0 spiro atoms. The Kier molecular flexibility index (Phi) is 6.14. The van der Waals surface area contributed by atoms with Crippen molar-refractivity contribution in [2.24, 2.45) is 17.6 Å². The molecule has 2 aliphatic carbocycles. The van der Waals surface area contributed by atoms with E-state index in [9.17, 15) is 9.59 Å². The Morgan fingerprint density at radius 3 is 2.25 bits per heavy atom. The first kappa shape index (κ1) is 17.7. The van der Waals surface area contributed by atoms with E-state index in [1.807, 2.05) is 4.90 Å². The van der Waals surface area contributed by atoms with E-state index in [0.29, 0.717) is 12.3 Å². The lowest BCUT2D eigenvalue weighted by Gasteiger charge is -2.34. The van der Waals surface area contributed by atoms with Gasteiger partial charge in [0.05, 0.1) is 0 Å². The maximum absolute atomic E-state index is 12.5. The molecule has 0 radical (unpaired) electrons. The minimum Gasteiger partial charge on any atom is -0.353 e. The first-order valence-electron chi connectivity index (χ1n) is 9.97. The normalized spacial score (nSPS) is 29.6. The van der Waals surface area contributed by atoms with Gasteiger partial charge in [-0.1, -0.05) is 25.7 Å². The topological polar surface area (TPSA) is 75.4 Å². The van der Waals surface area contributed by atoms with Crippen LogP contribution in [0.3, 0.4) is 0 Å². The number of nitrogens with two attached hydrogens (primary N) is 1. The first-order valence-corrected chi connectivity index (χ1v) is 9.97. The number of nitrogens with zero attached hydrogens (tertiary/aromatic N) is 1. The van der Waals surface area contributed by atoms with Crippen molar-refractivity contribution < 1.29 is 9.59 Å². The molecule has 3 rings (SSSR count). The second-order valence-electron chi connectivity index (χ2n) is 8.06. The van der Waals surface area contributed by atoms with Gasteiger partial charge >= 0.3 is 0 Å². The van der Waals surface area contributed by atoms with Gasteiger partial charge in [-0.3, -0.25) is 9.59 Å². The van der Waals surface area contributed by atoms with Crippen LogP contribution in [-0.2, 0) is 9.59 Å². The molecule has 3 fully saturated rings. The zero-order valence-electron chi connectivity index (χ0n) is 14.8. The molecule has 5 heteroatoms. The summed E-state index contributed by atoms with van der Waals surface area (Å²) < 4.78 is 0. The summed E-state index contributed by atoms with van der Waals surface area (Å²) >= 11 is 0. The molecule has 1 saturated heterocycles. The second-order valence-corrected chi connectivity index (χ2v) is 8.06. The second kappa shape index (κ2) is 8.32. The molecule has 0 aromatic rings. The standard InChI is InChI=1S/C19H33N3O2/c20-17-8-4-7-15(17)13-18(23)22-11-9-16(10-12-22)21-19(24)14-5-2-1-3-6-14/h14-17H,1-13,20H2,(H,21,24)/t15-,17+/m0/s1. The third-order valence-corrected chi connectivity index (χ3v) is 6.32. The fourth-order valence-electron chi connectivity index (χ4n) is 4.63. The molecule has 0 aromatic heterocycles.